The van der Waals surface area contributed by atoms with Gasteiger partial charge in [-0.1, -0.05) is 6.42 Å². The molecule has 1 saturated heterocycles. The lowest BCUT2D eigenvalue weighted by atomic mass is 10.0. The number of rotatable bonds is 1. The first kappa shape index (κ1) is 8.01. The number of hydrogen-bond donors (Lipinski definition) is 2. The summed E-state index contributed by atoms with van der Waals surface area (Å²) < 4.78 is 3.76. The second-order valence-electron chi connectivity index (χ2n) is 2.51. The van der Waals surface area contributed by atoms with Crippen LogP contribution in [0.5, 0.6) is 0 Å². The van der Waals surface area contributed by atoms with Gasteiger partial charge in [-0.2, -0.15) is 4.02 Å². The summed E-state index contributed by atoms with van der Waals surface area (Å²) in [6.07, 6.45) is 3.62. The van der Waals surface area contributed by atoms with Crippen LogP contribution in [0.25, 0.3) is 0 Å². The third-order valence-electron chi connectivity index (χ3n) is 1.76. The molecular weight excluding hydrogens is 194 g/mol. The van der Waals surface area contributed by atoms with Gasteiger partial charge in [-0.3, -0.25) is 0 Å². The van der Waals surface area contributed by atoms with E-state index in [1.807, 2.05) is 0 Å². The Morgan fingerprint density at radius 3 is 2.90 bits per heavy atom. The minimum Gasteiger partial charge on any atom is -0.385 e. The van der Waals surface area contributed by atoms with Crippen molar-refractivity contribution in [3.8, 4) is 0 Å². The van der Waals surface area contributed by atoms with Crippen molar-refractivity contribution in [1.82, 2.24) is 5.32 Å². The molecule has 0 bridgehead atoms. The summed E-state index contributed by atoms with van der Waals surface area (Å²) in [5.41, 5.74) is 5.59. The number of piperidine rings is 1. The Bertz CT molecular complexity index is 129. The van der Waals surface area contributed by atoms with Crippen LogP contribution >= 0.6 is 16.1 Å². The maximum atomic E-state index is 5.59. The highest BCUT2D eigenvalue weighted by atomic mass is 79.9. The molecule has 1 rings (SSSR count). The molecule has 1 heterocycles. The van der Waals surface area contributed by atoms with Gasteiger partial charge in [0.25, 0.3) is 0 Å². The van der Waals surface area contributed by atoms with Crippen molar-refractivity contribution in [2.75, 3.05) is 6.54 Å². The van der Waals surface area contributed by atoms with Gasteiger partial charge < -0.3 is 11.1 Å². The van der Waals surface area contributed by atoms with Gasteiger partial charge in [0, 0.05) is 0 Å². The van der Waals surface area contributed by atoms with E-state index in [0.29, 0.717) is 11.9 Å². The van der Waals surface area contributed by atoms with Crippen LogP contribution in [0.4, 0.5) is 0 Å². The second-order valence-corrected chi connectivity index (χ2v) is 2.87. The average Bonchev–Trinajstić information content (AvgIpc) is 2.05. The maximum Gasteiger partial charge on any atom is 0.125 e. The van der Waals surface area contributed by atoms with Crippen LogP contribution in [0.3, 0.4) is 0 Å². The summed E-state index contributed by atoms with van der Waals surface area (Å²) in [6, 6.07) is 0.299. The predicted octanol–water partition coefficient (Wildman–Crippen LogP) is 0.796. The van der Waals surface area contributed by atoms with Crippen molar-refractivity contribution < 1.29 is 0 Å². The molecule has 1 aliphatic heterocycles. The highest BCUT2D eigenvalue weighted by Gasteiger charge is 2.15. The zero-order valence-corrected chi connectivity index (χ0v) is 7.39. The van der Waals surface area contributed by atoms with Gasteiger partial charge in [-0.25, -0.2) is 0 Å². The van der Waals surface area contributed by atoms with Gasteiger partial charge in [-0.05, 0) is 19.4 Å². The molecular formula is C6H12BrN3. The smallest absolute Gasteiger partial charge is 0.125 e. The van der Waals surface area contributed by atoms with E-state index in [4.69, 9.17) is 5.73 Å². The van der Waals surface area contributed by atoms with Gasteiger partial charge >= 0.3 is 0 Å². The van der Waals surface area contributed by atoms with E-state index in [2.05, 4.69) is 25.5 Å². The molecule has 0 aromatic carbocycles. The minimum atomic E-state index is 0.299. The van der Waals surface area contributed by atoms with E-state index < -0.39 is 0 Å². The molecule has 58 valence electrons. The lowest BCUT2D eigenvalue weighted by molar-refractivity contribution is 0.470. The van der Waals surface area contributed by atoms with E-state index in [1.54, 1.807) is 0 Å². The van der Waals surface area contributed by atoms with E-state index in [1.165, 1.54) is 12.8 Å². The van der Waals surface area contributed by atoms with Gasteiger partial charge in [0.2, 0.25) is 0 Å². The number of nitrogens with two attached hydrogens (primary N) is 1. The highest BCUT2D eigenvalue weighted by molar-refractivity contribution is 9.08. The first-order valence-electron chi connectivity index (χ1n) is 3.52. The molecule has 0 aromatic heterocycles. The third kappa shape index (κ3) is 1.95. The number of nitrogens with one attached hydrogen (secondary N) is 1. The standard InChI is InChI=1S/C6H12BrN3/c7-10-6(8)5-3-1-2-4-9-5/h5,9H,1-4H2,(H2,8,10)/t5-/m0/s1. The molecule has 0 aliphatic carbocycles. The Kier molecular flexibility index (Phi) is 3.15. The second kappa shape index (κ2) is 3.93. The SMILES string of the molecule is NC(=NBr)[C@@H]1CCCCN1. The van der Waals surface area contributed by atoms with Gasteiger partial charge in [-0.15, -0.1) is 0 Å². The Morgan fingerprint density at radius 2 is 2.40 bits per heavy atom. The summed E-state index contributed by atoms with van der Waals surface area (Å²) in [5, 5.41) is 3.28. The fraction of sp³-hybridized carbons (Fsp3) is 0.833. The van der Waals surface area contributed by atoms with Crippen molar-refractivity contribution in [2.24, 2.45) is 9.75 Å². The quantitative estimate of drug-likeness (QED) is 0.492. The molecule has 0 amide bonds. The van der Waals surface area contributed by atoms with Crippen LogP contribution in [0.15, 0.2) is 4.02 Å². The molecule has 1 atom stereocenters. The summed E-state index contributed by atoms with van der Waals surface area (Å²) in [4.78, 5) is 0. The van der Waals surface area contributed by atoms with Crippen LogP contribution in [0, 0.1) is 0 Å². The molecule has 1 fully saturated rings. The molecule has 3 N–H and O–H groups in total. The Labute approximate surface area is 69.4 Å². The molecule has 0 saturated carbocycles. The molecule has 0 radical (unpaired) electrons. The topological polar surface area (TPSA) is 50.4 Å². The predicted molar refractivity (Wildman–Crippen MR) is 46.2 cm³/mol. The third-order valence-corrected chi connectivity index (χ3v) is 2.17. The molecule has 10 heavy (non-hydrogen) atoms. The minimum absolute atomic E-state index is 0.299. The zero-order valence-electron chi connectivity index (χ0n) is 5.81. The molecule has 0 aromatic rings. The van der Waals surface area contributed by atoms with E-state index in [-0.39, 0.29) is 0 Å². The number of hydrogen-bond acceptors (Lipinski definition) is 2. The average molecular weight is 206 g/mol. The van der Waals surface area contributed by atoms with Gasteiger partial charge in [0.15, 0.2) is 0 Å². The van der Waals surface area contributed by atoms with Crippen molar-refractivity contribution in [2.45, 2.75) is 25.3 Å². The molecule has 0 spiro atoms. The number of halogens is 1. The normalized spacial score (nSPS) is 28.5. The number of nitrogens with zero attached hydrogens (tertiary/aromatic N) is 1. The van der Waals surface area contributed by atoms with E-state index >= 15 is 0 Å². The van der Waals surface area contributed by atoms with Crippen molar-refractivity contribution in [3.63, 3.8) is 0 Å². The highest BCUT2D eigenvalue weighted by Crippen LogP contribution is 2.07. The summed E-state index contributed by atoms with van der Waals surface area (Å²) in [5.74, 6) is 0.666. The zero-order chi connectivity index (χ0) is 7.40. The summed E-state index contributed by atoms with van der Waals surface area (Å²) in [6.45, 7) is 1.06. The summed E-state index contributed by atoms with van der Waals surface area (Å²) in [7, 11) is 0. The Balaban J connectivity index is 2.39. The Morgan fingerprint density at radius 1 is 1.60 bits per heavy atom. The summed E-state index contributed by atoms with van der Waals surface area (Å²) >= 11 is 2.97. The van der Waals surface area contributed by atoms with Crippen LogP contribution < -0.4 is 11.1 Å². The Hall–Kier alpha value is -0.0900. The molecule has 4 heteroatoms. The van der Waals surface area contributed by atoms with Gasteiger partial charge in [0.05, 0.1) is 22.2 Å². The van der Waals surface area contributed by atoms with E-state index in [9.17, 15) is 0 Å². The lowest BCUT2D eigenvalue weighted by Crippen LogP contribution is -2.43. The van der Waals surface area contributed by atoms with Gasteiger partial charge in [0.1, 0.15) is 5.84 Å². The maximum absolute atomic E-state index is 5.59. The lowest BCUT2D eigenvalue weighted by Gasteiger charge is -2.21. The van der Waals surface area contributed by atoms with E-state index in [0.717, 1.165) is 13.0 Å². The monoisotopic (exact) mass is 205 g/mol. The van der Waals surface area contributed by atoms with Crippen LogP contribution in [0.1, 0.15) is 19.3 Å². The van der Waals surface area contributed by atoms with Crippen LogP contribution in [-0.2, 0) is 0 Å². The van der Waals surface area contributed by atoms with Crippen molar-refractivity contribution in [1.29, 1.82) is 0 Å². The fourth-order valence-corrected chi connectivity index (χ4v) is 1.41. The van der Waals surface area contributed by atoms with Crippen molar-refractivity contribution in [3.05, 3.63) is 0 Å². The molecule has 1 aliphatic rings. The largest absolute Gasteiger partial charge is 0.385 e. The fourth-order valence-electron chi connectivity index (χ4n) is 1.16. The van der Waals surface area contributed by atoms with Crippen LogP contribution in [-0.4, -0.2) is 18.4 Å². The first-order valence-corrected chi connectivity index (χ1v) is 4.23. The molecule has 3 nitrogen and oxygen atoms in total. The van der Waals surface area contributed by atoms with Crippen LogP contribution in [0.2, 0.25) is 0 Å². The van der Waals surface area contributed by atoms with Crippen molar-refractivity contribution >= 4 is 22.0 Å². The number of amidine groups is 1. The molecule has 0 unspecified atom stereocenters. The first-order chi connectivity index (χ1) is 4.84.